The smallest absolute Gasteiger partial charge is 0.475 e. The van der Waals surface area contributed by atoms with E-state index in [1.807, 2.05) is 12.3 Å². The van der Waals surface area contributed by atoms with Gasteiger partial charge in [0.15, 0.2) is 5.65 Å². The minimum Gasteiger partial charge on any atom is -0.475 e. The second-order valence-electron chi connectivity index (χ2n) is 10.5. The summed E-state index contributed by atoms with van der Waals surface area (Å²) in [6.07, 6.45) is 2.16. The lowest BCUT2D eigenvalue weighted by atomic mass is 9.85. The number of aromatic nitrogens is 4. The van der Waals surface area contributed by atoms with E-state index in [-0.39, 0.29) is 0 Å². The van der Waals surface area contributed by atoms with Gasteiger partial charge in [-0.2, -0.15) is 13.2 Å². The SMILES string of the molecule is CCCN(Cc1c(C)nc2n(-c3c(C)cc(C)cc3C)c3ncccc3n12)CC1CCC1.O=C(O)C(F)(F)F. The summed E-state index contributed by atoms with van der Waals surface area (Å²) in [4.78, 5) is 21.5. The van der Waals surface area contributed by atoms with Gasteiger partial charge < -0.3 is 5.11 Å². The van der Waals surface area contributed by atoms with Crippen LogP contribution in [0, 0.1) is 33.6 Å². The summed E-state index contributed by atoms with van der Waals surface area (Å²) in [6, 6.07) is 8.74. The first-order chi connectivity index (χ1) is 18.4. The molecule has 10 heteroatoms. The minimum absolute atomic E-state index is 0.867. The molecule has 3 heterocycles. The van der Waals surface area contributed by atoms with Gasteiger partial charge in [0.1, 0.15) is 0 Å². The molecule has 5 rings (SSSR count). The number of aryl methyl sites for hydroxylation is 4. The molecule has 1 aliphatic carbocycles. The Labute approximate surface area is 226 Å². The molecule has 1 aromatic carbocycles. The van der Waals surface area contributed by atoms with E-state index in [1.54, 1.807) is 0 Å². The third kappa shape index (κ3) is 5.95. The van der Waals surface area contributed by atoms with Crippen LogP contribution in [0.1, 0.15) is 60.7 Å². The van der Waals surface area contributed by atoms with Crippen molar-refractivity contribution in [3.05, 3.63) is 58.5 Å². The van der Waals surface area contributed by atoms with Gasteiger partial charge in [-0.05, 0) is 82.7 Å². The van der Waals surface area contributed by atoms with E-state index < -0.39 is 12.1 Å². The van der Waals surface area contributed by atoms with Crippen molar-refractivity contribution in [2.75, 3.05) is 13.1 Å². The normalized spacial score (nSPS) is 14.1. The molecule has 0 saturated heterocycles. The number of aliphatic carboxylic acids is 1. The predicted octanol–water partition coefficient (Wildman–Crippen LogP) is 6.55. The Bertz CT molecular complexity index is 1460. The van der Waals surface area contributed by atoms with Crippen LogP contribution >= 0.6 is 0 Å². The van der Waals surface area contributed by atoms with E-state index in [2.05, 4.69) is 66.7 Å². The number of benzene rings is 1. The highest BCUT2D eigenvalue weighted by molar-refractivity contribution is 5.81. The lowest BCUT2D eigenvalue weighted by Gasteiger charge is -2.32. The van der Waals surface area contributed by atoms with Gasteiger partial charge in [-0.15, -0.1) is 0 Å². The summed E-state index contributed by atoms with van der Waals surface area (Å²) in [5, 5.41) is 7.12. The van der Waals surface area contributed by atoms with E-state index in [0.29, 0.717) is 0 Å². The highest BCUT2D eigenvalue weighted by atomic mass is 19.4. The number of halogens is 3. The van der Waals surface area contributed by atoms with Crippen LogP contribution in [0.25, 0.3) is 22.6 Å². The van der Waals surface area contributed by atoms with Crippen LogP contribution in [-0.2, 0) is 11.3 Å². The van der Waals surface area contributed by atoms with Crippen LogP contribution in [0.2, 0.25) is 0 Å². The molecule has 0 atom stereocenters. The van der Waals surface area contributed by atoms with Gasteiger partial charge in [-0.1, -0.05) is 31.0 Å². The highest BCUT2D eigenvalue weighted by Crippen LogP contribution is 2.32. The van der Waals surface area contributed by atoms with E-state index in [0.717, 1.165) is 41.6 Å². The Morgan fingerprint density at radius 3 is 2.33 bits per heavy atom. The van der Waals surface area contributed by atoms with Crippen LogP contribution in [0.5, 0.6) is 0 Å². The second kappa shape index (κ2) is 11.4. The zero-order valence-corrected chi connectivity index (χ0v) is 23.1. The van der Waals surface area contributed by atoms with Crippen molar-refractivity contribution in [3.8, 4) is 5.69 Å². The number of rotatable bonds is 7. The van der Waals surface area contributed by atoms with Gasteiger partial charge in [0, 0.05) is 19.3 Å². The minimum atomic E-state index is -5.08. The van der Waals surface area contributed by atoms with Crippen molar-refractivity contribution in [2.24, 2.45) is 5.92 Å². The van der Waals surface area contributed by atoms with Crippen molar-refractivity contribution >= 4 is 22.9 Å². The van der Waals surface area contributed by atoms with E-state index in [1.165, 1.54) is 60.3 Å². The molecule has 39 heavy (non-hydrogen) atoms. The fraction of sp³-hybridized carbons (Fsp3) is 0.483. The molecule has 0 radical (unpaired) electrons. The molecule has 0 bridgehead atoms. The molecule has 0 spiro atoms. The van der Waals surface area contributed by atoms with Crippen LogP contribution in [-0.4, -0.2) is 54.2 Å². The van der Waals surface area contributed by atoms with Gasteiger partial charge in [-0.25, -0.2) is 14.8 Å². The molecule has 210 valence electrons. The van der Waals surface area contributed by atoms with Crippen LogP contribution < -0.4 is 0 Å². The number of hydrogen-bond acceptors (Lipinski definition) is 4. The number of carboxylic acids is 1. The summed E-state index contributed by atoms with van der Waals surface area (Å²) < 4.78 is 36.4. The quantitative estimate of drug-likeness (QED) is 0.286. The van der Waals surface area contributed by atoms with Crippen molar-refractivity contribution in [2.45, 2.75) is 73.0 Å². The number of nitrogens with zero attached hydrogens (tertiary/aromatic N) is 5. The van der Waals surface area contributed by atoms with Gasteiger partial charge >= 0.3 is 12.1 Å². The lowest BCUT2D eigenvalue weighted by Crippen LogP contribution is -2.33. The maximum absolute atomic E-state index is 10.6. The standard InChI is InChI=1S/C27H35N5.C2HF3O2/c1-6-13-30(16-22-9-7-10-22)17-24-21(5)29-27-31(24)23-11-8-12-28-26(23)32(27)25-19(3)14-18(2)15-20(25)4;3-2(4,5)1(6)7/h8,11-12,14-15,22H,6-7,9-10,13,16-17H2,1-5H3;(H,6,7). The van der Waals surface area contributed by atoms with Crippen molar-refractivity contribution < 1.29 is 23.1 Å². The molecule has 1 saturated carbocycles. The number of carboxylic acid groups (broad SMARTS) is 1. The monoisotopic (exact) mass is 543 g/mol. The largest absolute Gasteiger partial charge is 0.490 e. The molecule has 1 fully saturated rings. The first-order valence-corrected chi connectivity index (χ1v) is 13.4. The first kappa shape index (κ1) is 28.6. The molecule has 0 amide bonds. The molecule has 0 aliphatic heterocycles. The Balaban J connectivity index is 0.000000448. The topological polar surface area (TPSA) is 75.7 Å². The number of imidazole rings is 2. The summed E-state index contributed by atoms with van der Waals surface area (Å²) in [5.41, 5.74) is 9.54. The molecule has 4 aromatic rings. The Morgan fingerprint density at radius 1 is 1.15 bits per heavy atom. The third-order valence-corrected chi connectivity index (χ3v) is 7.33. The van der Waals surface area contributed by atoms with Crippen molar-refractivity contribution in [1.29, 1.82) is 0 Å². The Morgan fingerprint density at radius 2 is 1.79 bits per heavy atom. The Hall–Kier alpha value is -3.40. The second-order valence-corrected chi connectivity index (χ2v) is 10.5. The third-order valence-electron chi connectivity index (χ3n) is 7.33. The Kier molecular flexibility index (Phi) is 8.34. The number of fused-ring (bicyclic) bond motifs is 3. The number of alkyl halides is 3. The van der Waals surface area contributed by atoms with Gasteiger partial charge in [0.25, 0.3) is 0 Å². The van der Waals surface area contributed by atoms with Crippen LogP contribution in [0.4, 0.5) is 13.2 Å². The molecule has 1 N–H and O–H groups in total. The summed E-state index contributed by atoms with van der Waals surface area (Å²) >= 11 is 0. The summed E-state index contributed by atoms with van der Waals surface area (Å²) in [6.45, 7) is 14.3. The van der Waals surface area contributed by atoms with Crippen molar-refractivity contribution in [3.63, 3.8) is 0 Å². The fourth-order valence-corrected chi connectivity index (χ4v) is 5.50. The molecule has 0 unspecified atom stereocenters. The molecule has 1 aliphatic rings. The lowest BCUT2D eigenvalue weighted by molar-refractivity contribution is -0.192. The van der Waals surface area contributed by atoms with E-state index in [9.17, 15) is 13.2 Å². The van der Waals surface area contributed by atoms with E-state index in [4.69, 9.17) is 19.9 Å². The van der Waals surface area contributed by atoms with E-state index >= 15 is 0 Å². The molecular formula is C29H36F3N5O2. The zero-order valence-electron chi connectivity index (χ0n) is 23.1. The first-order valence-electron chi connectivity index (χ1n) is 13.4. The number of hydrogen-bond donors (Lipinski definition) is 1. The van der Waals surface area contributed by atoms with Gasteiger partial charge in [0.05, 0.1) is 22.6 Å². The average Bonchev–Trinajstić information content (AvgIpc) is 3.29. The maximum Gasteiger partial charge on any atom is 0.490 e. The van der Waals surface area contributed by atoms with Crippen LogP contribution in [0.15, 0.2) is 30.5 Å². The molecule has 3 aromatic heterocycles. The van der Waals surface area contributed by atoms with Crippen molar-refractivity contribution in [1.82, 2.24) is 23.8 Å². The van der Waals surface area contributed by atoms with Crippen LogP contribution in [0.3, 0.4) is 0 Å². The summed E-state index contributed by atoms with van der Waals surface area (Å²) in [7, 11) is 0. The average molecular weight is 544 g/mol. The molecular weight excluding hydrogens is 507 g/mol. The summed E-state index contributed by atoms with van der Waals surface area (Å²) in [5.74, 6) is -0.917. The van der Waals surface area contributed by atoms with Gasteiger partial charge in [0.2, 0.25) is 5.78 Å². The van der Waals surface area contributed by atoms with Gasteiger partial charge in [-0.3, -0.25) is 13.9 Å². The number of carbonyl (C=O) groups is 1. The molecule has 7 nitrogen and oxygen atoms in total. The highest BCUT2D eigenvalue weighted by Gasteiger charge is 2.38. The number of pyridine rings is 1. The zero-order chi connectivity index (χ0) is 28.5. The predicted molar refractivity (Wildman–Crippen MR) is 145 cm³/mol. The maximum atomic E-state index is 10.6. The fourth-order valence-electron chi connectivity index (χ4n) is 5.50.